The number of imide groups is 1. The molecular formula is C18H20N2O6S. The number of carbonyl (C=O) groups excluding carboxylic acids is 3. The van der Waals surface area contributed by atoms with Crippen LogP contribution in [0.5, 0.6) is 11.5 Å². The van der Waals surface area contributed by atoms with E-state index < -0.39 is 0 Å². The Kier molecular flexibility index (Phi) is 6.02. The third-order valence-corrected chi connectivity index (χ3v) is 5.01. The summed E-state index contributed by atoms with van der Waals surface area (Å²) in [5, 5.41) is 2.33. The first kappa shape index (κ1) is 19.2. The van der Waals surface area contributed by atoms with E-state index in [1.54, 1.807) is 31.2 Å². The van der Waals surface area contributed by atoms with E-state index in [1.807, 2.05) is 0 Å². The van der Waals surface area contributed by atoms with Gasteiger partial charge in [0.1, 0.15) is 0 Å². The fraction of sp³-hybridized carbons (Fsp3) is 0.389. The minimum Gasteiger partial charge on any atom is -0.454 e. The Morgan fingerprint density at radius 1 is 1.37 bits per heavy atom. The molecule has 1 unspecified atom stereocenters. The van der Waals surface area contributed by atoms with Crippen LogP contribution in [0.2, 0.25) is 0 Å². The van der Waals surface area contributed by atoms with E-state index in [0.717, 1.165) is 22.2 Å². The maximum atomic E-state index is 12.5. The van der Waals surface area contributed by atoms with Gasteiger partial charge < -0.3 is 19.5 Å². The molecule has 0 aliphatic carbocycles. The second kappa shape index (κ2) is 8.45. The lowest BCUT2D eigenvalue weighted by Gasteiger charge is -2.14. The average Bonchev–Trinajstić information content (AvgIpc) is 3.20. The van der Waals surface area contributed by atoms with E-state index >= 15 is 0 Å². The van der Waals surface area contributed by atoms with Gasteiger partial charge in [-0.3, -0.25) is 19.3 Å². The summed E-state index contributed by atoms with van der Waals surface area (Å²) >= 11 is 0.877. The number of benzene rings is 1. The molecule has 8 nitrogen and oxygen atoms in total. The summed E-state index contributed by atoms with van der Waals surface area (Å²) in [6.45, 7) is 2.28. The third kappa shape index (κ3) is 4.61. The molecule has 1 saturated heterocycles. The fourth-order valence-electron chi connectivity index (χ4n) is 2.57. The van der Waals surface area contributed by atoms with E-state index in [9.17, 15) is 14.4 Å². The topological polar surface area (TPSA) is 94.2 Å². The molecule has 0 radical (unpaired) electrons. The molecule has 0 spiro atoms. The Labute approximate surface area is 160 Å². The number of hydrogen-bond donors (Lipinski definition) is 1. The molecule has 144 valence electrons. The molecule has 2 aliphatic rings. The molecule has 0 saturated carbocycles. The van der Waals surface area contributed by atoms with Crippen LogP contribution in [0, 0.1) is 0 Å². The van der Waals surface area contributed by atoms with E-state index in [2.05, 4.69) is 5.32 Å². The first-order chi connectivity index (χ1) is 13.0. The molecule has 0 bridgehead atoms. The van der Waals surface area contributed by atoms with Crippen molar-refractivity contribution < 1.29 is 28.6 Å². The second-order valence-electron chi connectivity index (χ2n) is 6.05. The number of fused-ring (bicyclic) bond motifs is 1. The van der Waals surface area contributed by atoms with Crippen LogP contribution in [0.25, 0.3) is 6.08 Å². The van der Waals surface area contributed by atoms with Crippen LogP contribution in [0.15, 0.2) is 23.1 Å². The maximum absolute atomic E-state index is 12.5. The van der Waals surface area contributed by atoms with Crippen LogP contribution in [0.3, 0.4) is 0 Å². The summed E-state index contributed by atoms with van der Waals surface area (Å²) in [5.74, 6) is 0.698. The van der Waals surface area contributed by atoms with Crippen molar-refractivity contribution >= 4 is 34.9 Å². The molecule has 1 atom stereocenters. The van der Waals surface area contributed by atoms with Gasteiger partial charge in [0.15, 0.2) is 11.5 Å². The molecule has 0 aromatic heterocycles. The Morgan fingerprint density at radius 3 is 2.93 bits per heavy atom. The molecule has 1 N–H and O–H groups in total. The van der Waals surface area contributed by atoms with Crippen molar-refractivity contribution in [3.05, 3.63) is 28.7 Å². The minimum atomic E-state index is -0.373. The van der Waals surface area contributed by atoms with Crippen molar-refractivity contribution in [2.24, 2.45) is 0 Å². The van der Waals surface area contributed by atoms with Gasteiger partial charge in [0.25, 0.3) is 11.1 Å². The summed E-state index contributed by atoms with van der Waals surface area (Å²) in [6.07, 6.45) is 1.68. The number of amides is 3. The first-order valence-electron chi connectivity index (χ1n) is 8.42. The molecule has 1 fully saturated rings. The van der Waals surface area contributed by atoms with Gasteiger partial charge >= 0.3 is 0 Å². The highest BCUT2D eigenvalue weighted by atomic mass is 32.2. The summed E-state index contributed by atoms with van der Waals surface area (Å²) in [6, 6.07) is 5.31. The Morgan fingerprint density at radius 2 is 2.15 bits per heavy atom. The van der Waals surface area contributed by atoms with Gasteiger partial charge in [0.2, 0.25) is 12.7 Å². The number of carbonyl (C=O) groups is 3. The van der Waals surface area contributed by atoms with Gasteiger partial charge in [-0.2, -0.15) is 0 Å². The molecule has 3 rings (SSSR count). The van der Waals surface area contributed by atoms with Gasteiger partial charge in [-0.05, 0) is 42.5 Å². The third-order valence-electron chi connectivity index (χ3n) is 4.10. The zero-order chi connectivity index (χ0) is 19.4. The molecule has 2 heterocycles. The predicted molar refractivity (Wildman–Crippen MR) is 99.3 cm³/mol. The SMILES string of the molecule is COC(C)CC(=O)NCCN1C(=O)S/C(=C/c2ccc3c(c2)OCO3)C1=O. The Balaban J connectivity index is 1.57. The zero-order valence-corrected chi connectivity index (χ0v) is 15.8. The summed E-state index contributed by atoms with van der Waals surface area (Å²) < 4.78 is 15.6. The van der Waals surface area contributed by atoms with E-state index in [1.165, 1.54) is 7.11 Å². The fourth-order valence-corrected chi connectivity index (χ4v) is 3.44. The van der Waals surface area contributed by atoms with Crippen molar-refractivity contribution in [2.45, 2.75) is 19.4 Å². The molecular weight excluding hydrogens is 372 g/mol. The van der Waals surface area contributed by atoms with Gasteiger partial charge in [-0.1, -0.05) is 6.07 Å². The van der Waals surface area contributed by atoms with Crippen LogP contribution >= 0.6 is 11.8 Å². The normalized spacial score (nSPS) is 18.3. The summed E-state index contributed by atoms with van der Waals surface area (Å²) in [7, 11) is 1.53. The summed E-state index contributed by atoms with van der Waals surface area (Å²) in [4.78, 5) is 37.8. The number of nitrogens with one attached hydrogen (secondary N) is 1. The van der Waals surface area contributed by atoms with Gasteiger partial charge in [-0.25, -0.2) is 0 Å². The molecule has 27 heavy (non-hydrogen) atoms. The number of thioether (sulfide) groups is 1. The minimum absolute atomic E-state index is 0.121. The zero-order valence-electron chi connectivity index (χ0n) is 15.0. The largest absolute Gasteiger partial charge is 0.454 e. The van der Waals surface area contributed by atoms with Crippen molar-refractivity contribution in [1.29, 1.82) is 0 Å². The first-order valence-corrected chi connectivity index (χ1v) is 9.24. The molecule has 9 heteroatoms. The predicted octanol–water partition coefficient (Wildman–Crippen LogP) is 1.99. The Hall–Kier alpha value is -2.52. The number of methoxy groups -OCH3 is 1. The number of rotatable bonds is 7. The van der Waals surface area contributed by atoms with E-state index in [-0.39, 0.29) is 49.5 Å². The van der Waals surface area contributed by atoms with Gasteiger partial charge in [0.05, 0.1) is 17.4 Å². The van der Waals surface area contributed by atoms with Gasteiger partial charge in [0, 0.05) is 20.2 Å². The highest BCUT2D eigenvalue weighted by Crippen LogP contribution is 2.36. The second-order valence-corrected chi connectivity index (χ2v) is 7.04. The standard InChI is InChI=1S/C18H20N2O6S/c1-11(24-2)7-16(21)19-5-6-20-17(22)15(27-18(20)23)9-12-3-4-13-14(8-12)26-10-25-13/h3-4,8-9,11H,5-7,10H2,1-2H3,(H,19,21)/b15-9+. The Bertz CT molecular complexity index is 794. The maximum Gasteiger partial charge on any atom is 0.293 e. The lowest BCUT2D eigenvalue weighted by molar-refractivity contribution is -0.125. The van der Waals surface area contributed by atoms with Crippen molar-refractivity contribution in [1.82, 2.24) is 10.2 Å². The quantitative estimate of drug-likeness (QED) is 0.709. The van der Waals surface area contributed by atoms with Crippen LogP contribution in [0.1, 0.15) is 18.9 Å². The van der Waals surface area contributed by atoms with E-state index in [0.29, 0.717) is 16.4 Å². The van der Waals surface area contributed by atoms with Crippen molar-refractivity contribution in [3.8, 4) is 11.5 Å². The smallest absolute Gasteiger partial charge is 0.293 e. The van der Waals surface area contributed by atoms with Crippen molar-refractivity contribution in [2.75, 3.05) is 27.0 Å². The number of hydrogen-bond acceptors (Lipinski definition) is 7. The molecule has 2 aliphatic heterocycles. The highest BCUT2D eigenvalue weighted by molar-refractivity contribution is 8.18. The van der Waals surface area contributed by atoms with Crippen LogP contribution in [-0.2, 0) is 14.3 Å². The van der Waals surface area contributed by atoms with Crippen LogP contribution in [-0.4, -0.2) is 55.0 Å². The van der Waals surface area contributed by atoms with Crippen LogP contribution < -0.4 is 14.8 Å². The summed E-state index contributed by atoms with van der Waals surface area (Å²) in [5.41, 5.74) is 0.742. The molecule has 1 aromatic rings. The molecule has 3 amide bonds. The lowest BCUT2D eigenvalue weighted by Crippen LogP contribution is -2.38. The number of nitrogens with zero attached hydrogens (tertiary/aromatic N) is 1. The lowest BCUT2D eigenvalue weighted by atomic mass is 10.2. The monoisotopic (exact) mass is 392 g/mol. The highest BCUT2D eigenvalue weighted by Gasteiger charge is 2.34. The van der Waals surface area contributed by atoms with E-state index in [4.69, 9.17) is 14.2 Å². The average molecular weight is 392 g/mol. The van der Waals surface area contributed by atoms with Gasteiger partial charge in [-0.15, -0.1) is 0 Å². The van der Waals surface area contributed by atoms with Crippen LogP contribution in [0.4, 0.5) is 4.79 Å². The number of ether oxygens (including phenoxy) is 3. The molecule has 1 aromatic carbocycles. The van der Waals surface area contributed by atoms with Crippen molar-refractivity contribution in [3.63, 3.8) is 0 Å².